The first-order chi connectivity index (χ1) is 8.72. The highest BCUT2D eigenvalue weighted by Crippen LogP contribution is 2.33. The number of esters is 1. The average molecular weight is 248 g/mol. The Morgan fingerprint density at radius 2 is 2.17 bits per heavy atom. The molecule has 0 amide bonds. The Morgan fingerprint density at radius 3 is 2.78 bits per heavy atom. The van der Waals surface area contributed by atoms with E-state index in [4.69, 9.17) is 9.47 Å². The molecule has 1 aromatic carbocycles. The van der Waals surface area contributed by atoms with Crippen molar-refractivity contribution in [3.8, 4) is 5.75 Å². The summed E-state index contributed by atoms with van der Waals surface area (Å²) in [4.78, 5) is 11.5. The van der Waals surface area contributed by atoms with Crippen LogP contribution in [0.1, 0.15) is 30.9 Å². The highest BCUT2D eigenvalue weighted by atomic mass is 16.5. The van der Waals surface area contributed by atoms with Gasteiger partial charge in [0, 0.05) is 5.56 Å². The Bertz CT molecular complexity index is 422. The van der Waals surface area contributed by atoms with Crippen LogP contribution >= 0.6 is 0 Å². The molecule has 0 radical (unpaired) electrons. The van der Waals surface area contributed by atoms with Gasteiger partial charge in [-0.25, -0.2) is 0 Å². The van der Waals surface area contributed by atoms with Crippen LogP contribution in [0.25, 0.3) is 0 Å². The maximum atomic E-state index is 11.5. The van der Waals surface area contributed by atoms with Crippen molar-refractivity contribution in [2.75, 3.05) is 13.7 Å². The highest BCUT2D eigenvalue weighted by molar-refractivity contribution is 5.73. The monoisotopic (exact) mass is 248 g/mol. The van der Waals surface area contributed by atoms with Gasteiger partial charge in [0.25, 0.3) is 0 Å². The maximum absolute atomic E-state index is 11.5. The summed E-state index contributed by atoms with van der Waals surface area (Å²) in [5.74, 6) is 1.41. The molecule has 0 N–H and O–H groups in total. The van der Waals surface area contributed by atoms with Gasteiger partial charge in [0.05, 0.1) is 20.1 Å². The fraction of sp³-hybridized carbons (Fsp3) is 0.533. The standard InChI is InChI=1S/C15H20O3/c1-3-18-15(16)10-13-9-12(8-11-4-5-11)6-7-14(13)17-2/h6-7,9,11H,3-5,8,10H2,1-2H3. The molecular formula is C15H20O3. The highest BCUT2D eigenvalue weighted by Gasteiger charge is 2.22. The third-order valence-corrected chi connectivity index (χ3v) is 3.21. The molecule has 1 aromatic rings. The number of carbonyl (C=O) groups is 1. The van der Waals surface area contributed by atoms with Crippen molar-refractivity contribution < 1.29 is 14.3 Å². The van der Waals surface area contributed by atoms with Gasteiger partial charge in [0.1, 0.15) is 5.75 Å². The van der Waals surface area contributed by atoms with Crippen LogP contribution in [0, 0.1) is 5.92 Å². The summed E-state index contributed by atoms with van der Waals surface area (Å²) in [6, 6.07) is 6.12. The van der Waals surface area contributed by atoms with Crippen LogP contribution < -0.4 is 4.74 Å². The van der Waals surface area contributed by atoms with Gasteiger partial charge >= 0.3 is 5.97 Å². The molecule has 3 nitrogen and oxygen atoms in total. The molecule has 1 fully saturated rings. The van der Waals surface area contributed by atoms with E-state index in [2.05, 4.69) is 12.1 Å². The molecule has 0 atom stereocenters. The van der Waals surface area contributed by atoms with Crippen molar-refractivity contribution in [2.45, 2.75) is 32.6 Å². The molecule has 0 aliphatic heterocycles. The normalized spacial score (nSPS) is 14.3. The summed E-state index contributed by atoms with van der Waals surface area (Å²) >= 11 is 0. The first-order valence-corrected chi connectivity index (χ1v) is 6.54. The number of rotatable bonds is 6. The van der Waals surface area contributed by atoms with Crippen molar-refractivity contribution in [3.63, 3.8) is 0 Å². The lowest BCUT2D eigenvalue weighted by molar-refractivity contribution is -0.142. The van der Waals surface area contributed by atoms with Crippen LogP contribution in [-0.2, 0) is 22.4 Å². The van der Waals surface area contributed by atoms with E-state index in [1.54, 1.807) is 7.11 Å². The summed E-state index contributed by atoms with van der Waals surface area (Å²) < 4.78 is 10.3. The van der Waals surface area contributed by atoms with Crippen LogP contribution in [0.4, 0.5) is 0 Å². The summed E-state index contributed by atoms with van der Waals surface area (Å²) in [5.41, 5.74) is 2.21. The second-order valence-electron chi connectivity index (χ2n) is 4.78. The fourth-order valence-electron chi connectivity index (χ4n) is 2.12. The molecule has 3 heteroatoms. The molecule has 1 aliphatic rings. The molecule has 18 heavy (non-hydrogen) atoms. The fourth-order valence-corrected chi connectivity index (χ4v) is 2.12. The predicted octanol–water partition coefficient (Wildman–Crippen LogP) is 2.75. The number of benzene rings is 1. The Balaban J connectivity index is 2.10. The molecule has 98 valence electrons. The second kappa shape index (κ2) is 5.89. The Hall–Kier alpha value is -1.51. The number of hydrogen-bond acceptors (Lipinski definition) is 3. The van der Waals surface area contributed by atoms with Crippen LogP contribution in [-0.4, -0.2) is 19.7 Å². The van der Waals surface area contributed by atoms with Gasteiger partial charge in [-0.1, -0.05) is 12.1 Å². The van der Waals surface area contributed by atoms with Gasteiger partial charge in [-0.2, -0.15) is 0 Å². The number of methoxy groups -OCH3 is 1. The number of ether oxygens (including phenoxy) is 2. The van der Waals surface area contributed by atoms with E-state index in [0.29, 0.717) is 6.61 Å². The lowest BCUT2D eigenvalue weighted by Crippen LogP contribution is -2.09. The van der Waals surface area contributed by atoms with Crippen LogP contribution in [0.3, 0.4) is 0 Å². The molecular weight excluding hydrogens is 228 g/mol. The van der Waals surface area contributed by atoms with E-state index in [0.717, 1.165) is 23.7 Å². The number of hydrogen-bond donors (Lipinski definition) is 0. The second-order valence-corrected chi connectivity index (χ2v) is 4.78. The van der Waals surface area contributed by atoms with E-state index in [1.165, 1.54) is 18.4 Å². The van der Waals surface area contributed by atoms with E-state index >= 15 is 0 Å². The quantitative estimate of drug-likeness (QED) is 0.726. The first-order valence-electron chi connectivity index (χ1n) is 6.54. The summed E-state index contributed by atoms with van der Waals surface area (Å²) in [5, 5.41) is 0. The summed E-state index contributed by atoms with van der Waals surface area (Å²) in [6.07, 6.45) is 4.06. The first kappa shape index (κ1) is 12.9. The molecule has 0 aromatic heterocycles. The molecule has 1 saturated carbocycles. The van der Waals surface area contributed by atoms with Gasteiger partial charge in [0.2, 0.25) is 0 Å². The van der Waals surface area contributed by atoms with Gasteiger partial charge in [0.15, 0.2) is 0 Å². The van der Waals surface area contributed by atoms with Crippen molar-refractivity contribution >= 4 is 5.97 Å². The smallest absolute Gasteiger partial charge is 0.310 e. The van der Waals surface area contributed by atoms with Gasteiger partial charge < -0.3 is 9.47 Å². The van der Waals surface area contributed by atoms with E-state index in [1.807, 2.05) is 13.0 Å². The SMILES string of the molecule is CCOC(=O)Cc1cc(CC2CC2)ccc1OC. The van der Waals surface area contributed by atoms with E-state index in [-0.39, 0.29) is 12.4 Å². The van der Waals surface area contributed by atoms with Crippen molar-refractivity contribution in [2.24, 2.45) is 5.92 Å². The van der Waals surface area contributed by atoms with Crippen LogP contribution in [0.5, 0.6) is 5.75 Å². The lowest BCUT2D eigenvalue weighted by Gasteiger charge is -2.10. The Morgan fingerprint density at radius 1 is 1.39 bits per heavy atom. The molecule has 0 bridgehead atoms. The molecule has 0 saturated heterocycles. The van der Waals surface area contributed by atoms with E-state index in [9.17, 15) is 4.79 Å². The third-order valence-electron chi connectivity index (χ3n) is 3.21. The van der Waals surface area contributed by atoms with Gasteiger partial charge in [-0.15, -0.1) is 0 Å². The minimum atomic E-state index is -0.195. The molecule has 0 heterocycles. The third kappa shape index (κ3) is 3.49. The van der Waals surface area contributed by atoms with Crippen molar-refractivity contribution in [1.29, 1.82) is 0 Å². The molecule has 2 rings (SSSR count). The average Bonchev–Trinajstić information content (AvgIpc) is 3.14. The Labute approximate surface area is 108 Å². The Kier molecular flexibility index (Phi) is 4.24. The minimum Gasteiger partial charge on any atom is -0.496 e. The topological polar surface area (TPSA) is 35.5 Å². The molecule has 0 unspecified atom stereocenters. The van der Waals surface area contributed by atoms with Gasteiger partial charge in [-0.3, -0.25) is 4.79 Å². The van der Waals surface area contributed by atoms with Crippen LogP contribution in [0.15, 0.2) is 18.2 Å². The number of carbonyl (C=O) groups excluding carboxylic acids is 1. The zero-order chi connectivity index (χ0) is 13.0. The lowest BCUT2D eigenvalue weighted by atomic mass is 10.0. The molecule has 0 spiro atoms. The predicted molar refractivity (Wildman–Crippen MR) is 69.8 cm³/mol. The zero-order valence-corrected chi connectivity index (χ0v) is 11.1. The van der Waals surface area contributed by atoms with Crippen molar-refractivity contribution in [1.82, 2.24) is 0 Å². The van der Waals surface area contributed by atoms with Gasteiger partial charge in [-0.05, 0) is 43.7 Å². The summed E-state index contributed by atoms with van der Waals surface area (Å²) in [7, 11) is 1.63. The van der Waals surface area contributed by atoms with E-state index < -0.39 is 0 Å². The maximum Gasteiger partial charge on any atom is 0.310 e. The zero-order valence-electron chi connectivity index (χ0n) is 11.1. The molecule has 1 aliphatic carbocycles. The van der Waals surface area contributed by atoms with Crippen molar-refractivity contribution in [3.05, 3.63) is 29.3 Å². The van der Waals surface area contributed by atoms with Crippen LogP contribution in [0.2, 0.25) is 0 Å². The largest absolute Gasteiger partial charge is 0.496 e. The summed E-state index contributed by atoms with van der Waals surface area (Å²) in [6.45, 7) is 2.24. The minimum absolute atomic E-state index is 0.195.